The molecular formula is C6H6Br2. The summed E-state index contributed by atoms with van der Waals surface area (Å²) in [5, 5.41) is 0. The number of hydrogen-bond acceptors (Lipinski definition) is 0. The third-order valence-corrected chi connectivity index (χ3v) is 1.38. The number of allylic oxidation sites excluding steroid dienone is 2. The van der Waals surface area contributed by atoms with E-state index in [0.29, 0.717) is 0 Å². The lowest BCUT2D eigenvalue weighted by atomic mass is 10.4. The average molecular weight is 238 g/mol. The molecule has 0 aromatic rings. The summed E-state index contributed by atoms with van der Waals surface area (Å²) in [4.78, 5) is 0. The summed E-state index contributed by atoms with van der Waals surface area (Å²) in [7, 11) is 0. The Morgan fingerprint density at radius 1 is 1.50 bits per heavy atom. The molecule has 2 heteroatoms. The summed E-state index contributed by atoms with van der Waals surface area (Å²) in [6, 6.07) is 0. The zero-order chi connectivity index (χ0) is 6.57. The molecule has 0 radical (unpaired) electrons. The first-order valence-electron chi connectivity index (χ1n) is 2.04. The van der Waals surface area contributed by atoms with Crippen LogP contribution in [0.15, 0.2) is 27.9 Å². The van der Waals surface area contributed by atoms with Gasteiger partial charge in [-0.15, -0.1) is 5.73 Å². The minimum absolute atomic E-state index is 0.767. The highest BCUT2D eigenvalue weighted by Crippen LogP contribution is 2.17. The van der Waals surface area contributed by atoms with Crippen molar-refractivity contribution in [3.8, 4) is 0 Å². The highest BCUT2D eigenvalue weighted by molar-refractivity contribution is 9.12. The molecule has 0 fully saturated rings. The molecule has 8 heavy (non-hydrogen) atoms. The Balaban J connectivity index is 3.74. The van der Waals surface area contributed by atoms with Gasteiger partial charge in [-0.2, -0.15) is 0 Å². The maximum atomic E-state index is 3.64. The number of rotatable bonds is 2. The van der Waals surface area contributed by atoms with Crippen LogP contribution < -0.4 is 0 Å². The van der Waals surface area contributed by atoms with Gasteiger partial charge in [-0.25, -0.2) is 0 Å². The smallest absolute Gasteiger partial charge is 0.0411 e. The van der Waals surface area contributed by atoms with E-state index in [2.05, 4.69) is 50.7 Å². The molecule has 0 amide bonds. The van der Waals surface area contributed by atoms with Gasteiger partial charge in [0.2, 0.25) is 0 Å². The van der Waals surface area contributed by atoms with Crippen LogP contribution in [0.5, 0.6) is 0 Å². The van der Waals surface area contributed by atoms with Crippen molar-refractivity contribution in [1.82, 2.24) is 0 Å². The van der Waals surface area contributed by atoms with Gasteiger partial charge < -0.3 is 0 Å². The summed E-state index contributed by atoms with van der Waals surface area (Å²) >= 11 is 6.43. The fourth-order valence-electron chi connectivity index (χ4n) is 0.231. The Hall–Kier alpha value is 0.220. The second-order valence-corrected chi connectivity index (χ2v) is 3.35. The monoisotopic (exact) mass is 236 g/mol. The second kappa shape index (κ2) is 4.13. The quantitative estimate of drug-likeness (QED) is 0.647. The highest BCUT2D eigenvalue weighted by Gasteiger charge is 1.88. The van der Waals surface area contributed by atoms with Crippen LogP contribution >= 0.6 is 31.9 Å². The van der Waals surface area contributed by atoms with E-state index in [1.165, 1.54) is 0 Å². The summed E-state index contributed by atoms with van der Waals surface area (Å²) < 4.78 is 1.86. The van der Waals surface area contributed by atoms with Crippen LogP contribution in [0.2, 0.25) is 0 Å². The van der Waals surface area contributed by atoms with Crippen molar-refractivity contribution in [3.63, 3.8) is 0 Å². The van der Waals surface area contributed by atoms with Crippen molar-refractivity contribution in [2.75, 3.05) is 0 Å². The predicted octanol–water partition coefficient (Wildman–Crippen LogP) is 3.35. The zero-order valence-electron chi connectivity index (χ0n) is 4.38. The van der Waals surface area contributed by atoms with Gasteiger partial charge in [0, 0.05) is 10.9 Å². The van der Waals surface area contributed by atoms with E-state index in [9.17, 15) is 0 Å². The van der Waals surface area contributed by atoms with Crippen LogP contribution in [0.25, 0.3) is 0 Å². The molecule has 0 nitrogen and oxygen atoms in total. The molecule has 0 aliphatic carbocycles. The molecule has 0 atom stereocenters. The fraction of sp³-hybridized carbons (Fsp3) is 0.167. The Morgan fingerprint density at radius 3 is 2.12 bits per heavy atom. The Morgan fingerprint density at radius 2 is 2.00 bits per heavy atom. The first kappa shape index (κ1) is 8.22. The summed E-state index contributed by atoms with van der Waals surface area (Å²) in [6.07, 6.45) is 0.767. The molecule has 0 rings (SSSR count). The normalized spacial score (nSPS) is 7.75. The summed E-state index contributed by atoms with van der Waals surface area (Å²) in [6.45, 7) is 7.08. The number of hydrogen-bond donors (Lipinski definition) is 0. The second-order valence-electron chi connectivity index (χ2n) is 1.28. The Labute approximate surface area is 66.2 Å². The van der Waals surface area contributed by atoms with Gasteiger partial charge in [0.1, 0.15) is 0 Å². The lowest BCUT2D eigenvalue weighted by Gasteiger charge is -1.88. The molecule has 0 bridgehead atoms. The van der Waals surface area contributed by atoms with Gasteiger partial charge in [-0.3, -0.25) is 0 Å². The highest BCUT2D eigenvalue weighted by atomic mass is 79.9. The van der Waals surface area contributed by atoms with E-state index in [1.807, 2.05) is 0 Å². The third kappa shape index (κ3) is 4.38. The van der Waals surface area contributed by atoms with Gasteiger partial charge in [0.05, 0.1) is 0 Å². The van der Waals surface area contributed by atoms with Gasteiger partial charge in [0.25, 0.3) is 0 Å². The van der Waals surface area contributed by atoms with Crippen LogP contribution in [-0.4, -0.2) is 0 Å². The molecule has 0 aliphatic rings. The van der Waals surface area contributed by atoms with E-state index >= 15 is 0 Å². The largest absolute Gasteiger partial charge is 0.117 e. The first-order valence-corrected chi connectivity index (χ1v) is 3.63. The molecule has 0 saturated carbocycles. The van der Waals surface area contributed by atoms with Crippen LogP contribution in [0, 0.1) is 0 Å². The molecule has 0 saturated heterocycles. The summed E-state index contributed by atoms with van der Waals surface area (Å²) in [5.41, 5.74) is 2.69. The van der Waals surface area contributed by atoms with Crippen LogP contribution in [0.3, 0.4) is 0 Å². The maximum Gasteiger partial charge on any atom is 0.0411 e. The van der Waals surface area contributed by atoms with Crippen molar-refractivity contribution in [2.24, 2.45) is 0 Å². The molecular weight excluding hydrogens is 232 g/mol. The van der Waals surface area contributed by atoms with Gasteiger partial charge in [-0.05, 0) is 20.4 Å². The molecule has 0 spiro atoms. The third-order valence-electron chi connectivity index (χ3n) is 0.539. The van der Waals surface area contributed by atoms with Crippen molar-refractivity contribution < 1.29 is 0 Å². The number of halogens is 2. The standard InChI is InChI=1S/C6H6Br2/c1-3-6(8)4-5(2)7/h1-2,4H2. The van der Waals surface area contributed by atoms with Gasteiger partial charge in [0.15, 0.2) is 0 Å². The van der Waals surface area contributed by atoms with Crippen LogP contribution in [0.1, 0.15) is 6.42 Å². The molecule has 0 heterocycles. The topological polar surface area (TPSA) is 0 Å². The van der Waals surface area contributed by atoms with Crippen LogP contribution in [0.4, 0.5) is 0 Å². The minimum Gasteiger partial charge on any atom is -0.117 e. The molecule has 0 aromatic heterocycles. The fourth-order valence-corrected chi connectivity index (χ4v) is 1.23. The molecule has 44 valence electrons. The molecule has 0 aliphatic heterocycles. The average Bonchev–Trinajstić information content (AvgIpc) is 1.65. The maximum absolute atomic E-state index is 3.64. The molecule has 0 N–H and O–H groups in total. The van der Waals surface area contributed by atoms with E-state index in [-0.39, 0.29) is 0 Å². The van der Waals surface area contributed by atoms with Gasteiger partial charge in [-0.1, -0.05) is 29.1 Å². The lowest BCUT2D eigenvalue weighted by molar-refractivity contribution is 1.37. The molecule has 0 aromatic carbocycles. The lowest BCUT2D eigenvalue weighted by Crippen LogP contribution is -1.66. The van der Waals surface area contributed by atoms with E-state index < -0.39 is 0 Å². The molecule has 0 unspecified atom stereocenters. The van der Waals surface area contributed by atoms with E-state index in [0.717, 1.165) is 15.4 Å². The Kier molecular flexibility index (Phi) is 4.25. The van der Waals surface area contributed by atoms with Crippen molar-refractivity contribution in [2.45, 2.75) is 6.42 Å². The zero-order valence-corrected chi connectivity index (χ0v) is 7.55. The first-order chi connectivity index (χ1) is 3.66. The van der Waals surface area contributed by atoms with Crippen LogP contribution in [-0.2, 0) is 0 Å². The van der Waals surface area contributed by atoms with Crippen molar-refractivity contribution in [1.29, 1.82) is 0 Å². The van der Waals surface area contributed by atoms with Crippen molar-refractivity contribution in [3.05, 3.63) is 27.9 Å². The van der Waals surface area contributed by atoms with Crippen molar-refractivity contribution >= 4 is 31.9 Å². The minimum atomic E-state index is 0.767. The summed E-state index contributed by atoms with van der Waals surface area (Å²) in [5.74, 6) is 0. The predicted molar refractivity (Wildman–Crippen MR) is 44.3 cm³/mol. The van der Waals surface area contributed by atoms with E-state index in [4.69, 9.17) is 0 Å². The SMILES string of the molecule is C=C=C(Br)CC(=C)Br. The Bertz CT molecular complexity index is 141. The van der Waals surface area contributed by atoms with Gasteiger partial charge >= 0.3 is 0 Å². The van der Waals surface area contributed by atoms with E-state index in [1.54, 1.807) is 0 Å².